The molecule has 4 heteroatoms. The molecular formula is C18H23N3O. The molecule has 0 unspecified atom stereocenters. The van der Waals surface area contributed by atoms with Crippen molar-refractivity contribution in [3.05, 3.63) is 53.3 Å². The highest BCUT2D eigenvalue weighted by molar-refractivity contribution is 5.75. The second-order valence-corrected chi connectivity index (χ2v) is 5.94. The van der Waals surface area contributed by atoms with E-state index in [1.54, 1.807) is 4.68 Å². The van der Waals surface area contributed by atoms with Crippen LogP contribution in [0.4, 0.5) is 0 Å². The van der Waals surface area contributed by atoms with Gasteiger partial charge >= 0.3 is 0 Å². The van der Waals surface area contributed by atoms with E-state index >= 15 is 0 Å². The van der Waals surface area contributed by atoms with E-state index in [1.807, 2.05) is 18.2 Å². The molecule has 1 N–H and O–H groups in total. The fourth-order valence-electron chi connectivity index (χ4n) is 2.98. The maximum atomic E-state index is 12.0. The molecule has 1 aliphatic rings. The lowest BCUT2D eigenvalue weighted by Gasteiger charge is -2.05. The molecule has 1 amide bonds. The molecule has 0 spiro atoms. The predicted molar refractivity (Wildman–Crippen MR) is 86.6 cm³/mol. The van der Waals surface area contributed by atoms with E-state index in [9.17, 15) is 4.79 Å². The lowest BCUT2D eigenvalue weighted by molar-refractivity contribution is -0.121. The number of aromatic nitrogens is 2. The highest BCUT2D eigenvalue weighted by Gasteiger charge is 2.13. The summed E-state index contributed by atoms with van der Waals surface area (Å²) in [6.45, 7) is 0.992. The number of aryl methyl sites for hydroxylation is 2. The molecule has 3 rings (SSSR count). The Morgan fingerprint density at radius 1 is 1.14 bits per heavy atom. The highest BCUT2D eigenvalue weighted by Crippen LogP contribution is 2.18. The van der Waals surface area contributed by atoms with Gasteiger partial charge in [-0.25, -0.2) is 0 Å². The monoisotopic (exact) mass is 297 g/mol. The molecule has 0 saturated heterocycles. The van der Waals surface area contributed by atoms with Crippen molar-refractivity contribution in [2.75, 3.05) is 6.54 Å². The summed E-state index contributed by atoms with van der Waals surface area (Å²) >= 11 is 0. The quantitative estimate of drug-likeness (QED) is 0.862. The van der Waals surface area contributed by atoms with Crippen molar-refractivity contribution in [2.24, 2.45) is 0 Å². The molecule has 4 nitrogen and oxygen atoms in total. The van der Waals surface area contributed by atoms with Gasteiger partial charge in [0.25, 0.3) is 0 Å². The molecule has 2 aromatic rings. The van der Waals surface area contributed by atoms with Crippen LogP contribution in [0.25, 0.3) is 0 Å². The van der Waals surface area contributed by atoms with E-state index in [4.69, 9.17) is 0 Å². The van der Waals surface area contributed by atoms with Crippen molar-refractivity contribution in [2.45, 2.75) is 45.1 Å². The fourth-order valence-corrected chi connectivity index (χ4v) is 2.98. The van der Waals surface area contributed by atoms with Crippen LogP contribution in [0, 0.1) is 0 Å². The Labute approximate surface area is 131 Å². The van der Waals surface area contributed by atoms with Gasteiger partial charge in [0.2, 0.25) is 5.91 Å². The number of nitrogens with zero attached hydrogens (tertiary/aromatic N) is 2. The van der Waals surface area contributed by atoms with Crippen molar-refractivity contribution in [3.63, 3.8) is 0 Å². The summed E-state index contributed by atoms with van der Waals surface area (Å²) in [5, 5.41) is 7.55. The standard InChI is InChI=1S/C18H23N3O/c22-18(19-12-11-15-7-3-1-4-8-15)14-21-13-16-9-5-2-6-10-17(16)20-21/h1,3-4,7-8,13H,2,5-6,9-12,14H2,(H,19,22). The smallest absolute Gasteiger partial charge is 0.241 e. The summed E-state index contributed by atoms with van der Waals surface area (Å²) in [6, 6.07) is 10.2. The molecule has 1 aliphatic carbocycles. The lowest BCUT2D eigenvalue weighted by atomic mass is 10.1. The molecule has 0 atom stereocenters. The average Bonchev–Trinajstić information content (AvgIpc) is 2.77. The minimum absolute atomic E-state index is 0.0357. The first-order chi connectivity index (χ1) is 10.8. The van der Waals surface area contributed by atoms with E-state index in [2.05, 4.69) is 28.7 Å². The van der Waals surface area contributed by atoms with Gasteiger partial charge in [-0.1, -0.05) is 36.8 Å². The molecule has 1 aromatic carbocycles. The Kier molecular flexibility index (Phi) is 4.88. The number of carbonyl (C=O) groups is 1. The van der Waals surface area contributed by atoms with E-state index in [1.165, 1.54) is 36.1 Å². The summed E-state index contributed by atoms with van der Waals surface area (Å²) in [5.41, 5.74) is 3.76. The number of rotatable bonds is 5. The van der Waals surface area contributed by atoms with Gasteiger partial charge in [0.1, 0.15) is 6.54 Å². The lowest BCUT2D eigenvalue weighted by Crippen LogP contribution is -2.29. The van der Waals surface area contributed by atoms with Crippen molar-refractivity contribution >= 4 is 5.91 Å². The van der Waals surface area contributed by atoms with E-state index in [0.29, 0.717) is 13.1 Å². The first kappa shape index (κ1) is 14.8. The fraction of sp³-hybridized carbons (Fsp3) is 0.444. The maximum absolute atomic E-state index is 12.0. The minimum Gasteiger partial charge on any atom is -0.354 e. The Bertz CT molecular complexity index is 595. The van der Waals surface area contributed by atoms with E-state index < -0.39 is 0 Å². The molecule has 0 bridgehead atoms. The molecule has 116 valence electrons. The number of nitrogens with one attached hydrogen (secondary N) is 1. The molecule has 0 radical (unpaired) electrons. The van der Waals surface area contributed by atoms with Crippen molar-refractivity contribution in [1.82, 2.24) is 15.1 Å². The summed E-state index contributed by atoms with van der Waals surface area (Å²) in [4.78, 5) is 12.0. The third kappa shape index (κ3) is 3.97. The van der Waals surface area contributed by atoms with Crippen LogP contribution >= 0.6 is 0 Å². The number of hydrogen-bond acceptors (Lipinski definition) is 2. The Balaban J connectivity index is 1.47. The molecule has 0 aliphatic heterocycles. The van der Waals surface area contributed by atoms with Crippen molar-refractivity contribution in [1.29, 1.82) is 0 Å². The van der Waals surface area contributed by atoms with Gasteiger partial charge in [0.15, 0.2) is 0 Å². The van der Waals surface area contributed by atoms with Crippen LogP contribution in [0.1, 0.15) is 36.1 Å². The Hall–Kier alpha value is -2.10. The molecule has 1 aromatic heterocycles. The van der Waals surface area contributed by atoms with Crippen molar-refractivity contribution in [3.8, 4) is 0 Å². The van der Waals surface area contributed by atoms with Crippen LogP contribution in [-0.4, -0.2) is 22.2 Å². The number of amides is 1. The van der Waals surface area contributed by atoms with Crippen LogP contribution in [0.5, 0.6) is 0 Å². The number of benzene rings is 1. The van der Waals surface area contributed by atoms with Crippen molar-refractivity contribution < 1.29 is 4.79 Å². The number of hydrogen-bond donors (Lipinski definition) is 1. The number of carbonyl (C=O) groups excluding carboxylic acids is 1. The topological polar surface area (TPSA) is 46.9 Å². The summed E-state index contributed by atoms with van der Waals surface area (Å²) in [6.07, 6.45) is 8.81. The summed E-state index contributed by atoms with van der Waals surface area (Å²) in [5.74, 6) is 0.0357. The van der Waals surface area contributed by atoms with Crippen LogP contribution in [0.2, 0.25) is 0 Å². The van der Waals surface area contributed by atoms with Gasteiger partial charge in [-0.05, 0) is 43.2 Å². The Morgan fingerprint density at radius 3 is 2.82 bits per heavy atom. The van der Waals surface area contributed by atoms with Crippen LogP contribution < -0.4 is 5.32 Å². The van der Waals surface area contributed by atoms with Gasteiger partial charge in [-0.15, -0.1) is 0 Å². The maximum Gasteiger partial charge on any atom is 0.241 e. The van der Waals surface area contributed by atoms with E-state index in [-0.39, 0.29) is 5.91 Å². The normalized spacial score (nSPS) is 14.2. The van der Waals surface area contributed by atoms with Gasteiger partial charge in [-0.2, -0.15) is 5.10 Å². The number of fused-ring (bicyclic) bond motifs is 1. The minimum atomic E-state index is 0.0357. The zero-order chi connectivity index (χ0) is 15.2. The SMILES string of the molecule is O=C(Cn1cc2c(n1)CCCCC2)NCCc1ccccc1. The van der Waals surface area contributed by atoms with Gasteiger partial charge < -0.3 is 5.32 Å². The largest absolute Gasteiger partial charge is 0.354 e. The van der Waals surface area contributed by atoms with Crippen LogP contribution in [0.3, 0.4) is 0 Å². The molecule has 0 fully saturated rings. The predicted octanol–water partition coefficient (Wildman–Crippen LogP) is 2.51. The first-order valence-corrected chi connectivity index (χ1v) is 8.17. The summed E-state index contributed by atoms with van der Waals surface area (Å²) in [7, 11) is 0. The second kappa shape index (κ2) is 7.25. The second-order valence-electron chi connectivity index (χ2n) is 5.94. The third-order valence-corrected chi connectivity index (χ3v) is 4.17. The van der Waals surface area contributed by atoms with Crippen LogP contribution in [0.15, 0.2) is 36.5 Å². The first-order valence-electron chi connectivity index (χ1n) is 8.17. The molecule has 0 saturated carbocycles. The molecule has 22 heavy (non-hydrogen) atoms. The zero-order valence-electron chi connectivity index (χ0n) is 12.9. The van der Waals surface area contributed by atoms with E-state index in [0.717, 1.165) is 19.3 Å². The van der Waals surface area contributed by atoms with Gasteiger partial charge in [-0.3, -0.25) is 9.48 Å². The highest BCUT2D eigenvalue weighted by atomic mass is 16.2. The molecular weight excluding hydrogens is 274 g/mol. The average molecular weight is 297 g/mol. The third-order valence-electron chi connectivity index (χ3n) is 4.17. The zero-order valence-corrected chi connectivity index (χ0v) is 12.9. The Morgan fingerprint density at radius 2 is 1.95 bits per heavy atom. The van der Waals surface area contributed by atoms with Crippen LogP contribution in [-0.2, 0) is 30.6 Å². The summed E-state index contributed by atoms with van der Waals surface area (Å²) < 4.78 is 1.80. The van der Waals surface area contributed by atoms with Gasteiger partial charge in [0, 0.05) is 12.7 Å². The molecule has 1 heterocycles. The van der Waals surface area contributed by atoms with Gasteiger partial charge in [0.05, 0.1) is 5.69 Å².